The summed E-state index contributed by atoms with van der Waals surface area (Å²) in [6, 6.07) is 5.34. The van der Waals surface area contributed by atoms with Crippen molar-refractivity contribution in [2.45, 2.75) is 0 Å². The third-order valence-corrected chi connectivity index (χ3v) is 2.93. The number of esters is 1. The van der Waals surface area contributed by atoms with Gasteiger partial charge in [0.05, 0.1) is 4.92 Å². The minimum Gasteiger partial charge on any atom is -0.452 e. The topological polar surface area (TPSA) is 98.5 Å². The van der Waals surface area contributed by atoms with Crippen molar-refractivity contribution in [1.82, 2.24) is 0 Å². The largest absolute Gasteiger partial charge is 0.452 e. The highest BCUT2D eigenvalue weighted by Gasteiger charge is 2.20. The molecule has 0 spiro atoms. The maximum atomic E-state index is 13.4. The van der Waals surface area contributed by atoms with Crippen molar-refractivity contribution in [2.75, 3.05) is 11.9 Å². The Kier molecular flexibility index (Phi) is 5.32. The third-order valence-electron chi connectivity index (χ3n) is 2.93. The van der Waals surface area contributed by atoms with Crippen LogP contribution in [0.4, 0.5) is 24.5 Å². The lowest BCUT2D eigenvalue weighted by atomic mass is 10.2. The van der Waals surface area contributed by atoms with Crippen LogP contribution in [-0.4, -0.2) is 23.4 Å². The number of benzene rings is 2. The van der Waals surface area contributed by atoms with Crippen LogP contribution in [0.15, 0.2) is 36.4 Å². The van der Waals surface area contributed by atoms with Crippen molar-refractivity contribution in [1.29, 1.82) is 0 Å². The molecule has 0 aromatic heterocycles. The van der Waals surface area contributed by atoms with E-state index in [-0.39, 0.29) is 5.69 Å². The van der Waals surface area contributed by atoms with Crippen molar-refractivity contribution < 1.29 is 32.4 Å². The summed E-state index contributed by atoms with van der Waals surface area (Å²) in [6.07, 6.45) is 0. The molecule has 0 aliphatic heterocycles. The number of carbonyl (C=O) groups excluding carboxylic acids is 2. The molecule has 0 heterocycles. The van der Waals surface area contributed by atoms with Gasteiger partial charge in [0.2, 0.25) is 5.82 Å². The zero-order valence-electron chi connectivity index (χ0n) is 12.3. The second-order valence-electron chi connectivity index (χ2n) is 4.64. The number of nitro groups is 1. The summed E-state index contributed by atoms with van der Waals surface area (Å²) >= 11 is 0. The molecule has 0 saturated carbocycles. The molecule has 0 saturated heterocycles. The molecule has 1 amide bonds. The Morgan fingerprint density at radius 2 is 1.72 bits per heavy atom. The summed E-state index contributed by atoms with van der Waals surface area (Å²) < 4.78 is 44.4. The second-order valence-corrected chi connectivity index (χ2v) is 4.64. The summed E-state index contributed by atoms with van der Waals surface area (Å²) in [5.74, 6) is -5.73. The van der Waals surface area contributed by atoms with E-state index in [1.165, 1.54) is 0 Å². The normalized spacial score (nSPS) is 10.2. The molecule has 0 atom stereocenters. The molecular weight excluding hydrogens is 345 g/mol. The van der Waals surface area contributed by atoms with E-state index in [0.29, 0.717) is 0 Å². The van der Waals surface area contributed by atoms with Gasteiger partial charge in [0.25, 0.3) is 5.91 Å². The Morgan fingerprint density at radius 3 is 2.32 bits per heavy atom. The molecule has 0 aliphatic carbocycles. The number of nitrogens with one attached hydrogen (secondary N) is 1. The molecule has 0 fully saturated rings. The van der Waals surface area contributed by atoms with Crippen molar-refractivity contribution in [2.24, 2.45) is 0 Å². The van der Waals surface area contributed by atoms with Gasteiger partial charge >= 0.3 is 11.7 Å². The highest BCUT2D eigenvalue weighted by Crippen LogP contribution is 2.21. The fourth-order valence-corrected chi connectivity index (χ4v) is 1.82. The van der Waals surface area contributed by atoms with Gasteiger partial charge in [-0.1, -0.05) is 6.07 Å². The van der Waals surface area contributed by atoms with Crippen molar-refractivity contribution in [3.05, 3.63) is 69.5 Å². The maximum absolute atomic E-state index is 13.4. The number of rotatable bonds is 5. The summed E-state index contributed by atoms with van der Waals surface area (Å²) in [5, 5.41) is 12.7. The molecule has 1 N–H and O–H groups in total. The number of anilines is 1. The van der Waals surface area contributed by atoms with Gasteiger partial charge in [-0.05, 0) is 24.3 Å². The van der Waals surface area contributed by atoms with Crippen molar-refractivity contribution in [3.8, 4) is 0 Å². The lowest BCUT2D eigenvalue weighted by Gasteiger charge is -2.08. The number of ether oxygens (including phenoxy) is 1. The Morgan fingerprint density at radius 1 is 1.08 bits per heavy atom. The predicted octanol–water partition coefficient (Wildman–Crippen LogP) is 2.81. The Hall–Kier alpha value is -3.43. The SMILES string of the molecule is O=C(COC(=O)c1c(F)cccc1F)Nc1ccc(F)c([N+](=O)[O-])c1. The Labute approximate surface area is 138 Å². The van der Waals surface area contributed by atoms with E-state index in [0.717, 1.165) is 36.4 Å². The average molecular weight is 354 g/mol. The first-order chi connectivity index (χ1) is 11.8. The van der Waals surface area contributed by atoms with Crippen LogP contribution in [0.1, 0.15) is 10.4 Å². The molecular formula is C15H9F3N2O5. The van der Waals surface area contributed by atoms with E-state index < -0.39 is 52.1 Å². The van der Waals surface area contributed by atoms with Crippen LogP contribution in [0, 0.1) is 27.6 Å². The summed E-state index contributed by atoms with van der Waals surface area (Å²) in [7, 11) is 0. The first-order valence-corrected chi connectivity index (χ1v) is 6.64. The van der Waals surface area contributed by atoms with Crippen LogP contribution < -0.4 is 5.32 Å². The number of nitro benzene ring substituents is 1. The number of amides is 1. The van der Waals surface area contributed by atoms with Crippen LogP contribution in [-0.2, 0) is 9.53 Å². The fraction of sp³-hybridized carbons (Fsp3) is 0.0667. The number of carbonyl (C=O) groups is 2. The third kappa shape index (κ3) is 4.31. The monoisotopic (exact) mass is 354 g/mol. The standard InChI is InChI=1S/C15H9F3N2O5/c16-9-5-4-8(6-12(9)20(23)24)19-13(21)7-25-15(22)14-10(17)2-1-3-11(14)18/h1-6H,7H2,(H,19,21). The molecule has 2 rings (SSSR count). The number of hydrogen-bond acceptors (Lipinski definition) is 5. The zero-order chi connectivity index (χ0) is 18.6. The van der Waals surface area contributed by atoms with Crippen LogP contribution >= 0.6 is 0 Å². The van der Waals surface area contributed by atoms with E-state index in [1.54, 1.807) is 0 Å². The predicted molar refractivity (Wildman–Crippen MR) is 78.3 cm³/mol. The lowest BCUT2D eigenvalue weighted by molar-refractivity contribution is -0.387. The molecule has 10 heteroatoms. The van der Waals surface area contributed by atoms with Gasteiger partial charge in [0.1, 0.15) is 17.2 Å². The first kappa shape index (κ1) is 17.9. The number of halogens is 3. The van der Waals surface area contributed by atoms with E-state index >= 15 is 0 Å². The molecule has 0 unspecified atom stereocenters. The summed E-state index contributed by atoms with van der Waals surface area (Å²) in [6.45, 7) is -0.905. The molecule has 0 aliphatic rings. The molecule has 0 radical (unpaired) electrons. The van der Waals surface area contributed by atoms with Gasteiger partial charge in [-0.2, -0.15) is 4.39 Å². The maximum Gasteiger partial charge on any atom is 0.344 e. The molecule has 0 bridgehead atoms. The molecule has 2 aromatic rings. The summed E-state index contributed by atoms with van der Waals surface area (Å²) in [4.78, 5) is 32.9. The van der Waals surface area contributed by atoms with Crippen molar-refractivity contribution in [3.63, 3.8) is 0 Å². The van der Waals surface area contributed by atoms with Gasteiger partial charge in [-0.25, -0.2) is 13.6 Å². The minimum atomic E-state index is -1.39. The van der Waals surface area contributed by atoms with Gasteiger partial charge in [-0.3, -0.25) is 14.9 Å². The smallest absolute Gasteiger partial charge is 0.344 e. The van der Waals surface area contributed by atoms with Crippen LogP contribution in [0.25, 0.3) is 0 Å². The van der Waals surface area contributed by atoms with E-state index in [2.05, 4.69) is 10.1 Å². The van der Waals surface area contributed by atoms with E-state index in [1.807, 2.05) is 0 Å². The van der Waals surface area contributed by atoms with Gasteiger partial charge < -0.3 is 10.1 Å². The molecule has 2 aromatic carbocycles. The first-order valence-electron chi connectivity index (χ1n) is 6.64. The fourth-order valence-electron chi connectivity index (χ4n) is 1.82. The van der Waals surface area contributed by atoms with Crippen LogP contribution in [0.3, 0.4) is 0 Å². The number of hydrogen-bond donors (Lipinski definition) is 1. The molecule has 7 nitrogen and oxygen atoms in total. The van der Waals surface area contributed by atoms with Crippen LogP contribution in [0.2, 0.25) is 0 Å². The van der Waals surface area contributed by atoms with Gasteiger partial charge in [0.15, 0.2) is 6.61 Å². The highest BCUT2D eigenvalue weighted by atomic mass is 19.1. The zero-order valence-corrected chi connectivity index (χ0v) is 12.3. The highest BCUT2D eigenvalue weighted by molar-refractivity contribution is 5.95. The Bertz CT molecular complexity index is 837. The molecule has 25 heavy (non-hydrogen) atoms. The Balaban J connectivity index is 2.00. The van der Waals surface area contributed by atoms with E-state index in [4.69, 9.17) is 0 Å². The number of nitrogens with zero attached hydrogens (tertiary/aromatic N) is 1. The summed E-state index contributed by atoms with van der Waals surface area (Å²) in [5.41, 5.74) is -1.93. The molecule has 130 valence electrons. The second kappa shape index (κ2) is 7.43. The van der Waals surface area contributed by atoms with E-state index in [9.17, 15) is 32.9 Å². The van der Waals surface area contributed by atoms with Crippen LogP contribution in [0.5, 0.6) is 0 Å². The van der Waals surface area contributed by atoms with Gasteiger partial charge in [-0.15, -0.1) is 0 Å². The minimum absolute atomic E-state index is 0.119. The quantitative estimate of drug-likeness (QED) is 0.506. The van der Waals surface area contributed by atoms with Crippen molar-refractivity contribution >= 4 is 23.3 Å². The lowest BCUT2D eigenvalue weighted by Crippen LogP contribution is -2.22. The average Bonchev–Trinajstić information content (AvgIpc) is 2.54. The van der Waals surface area contributed by atoms with Gasteiger partial charge in [0, 0.05) is 11.8 Å².